The predicted molar refractivity (Wildman–Crippen MR) is 75.1 cm³/mol. The molecular weight excluding hydrogens is 246 g/mol. The minimum absolute atomic E-state index is 0.494. The third-order valence-corrected chi connectivity index (χ3v) is 3.79. The average Bonchev–Trinajstić information content (AvgIpc) is 2.66. The number of hydrogen-bond donors (Lipinski definition) is 1. The lowest BCUT2D eigenvalue weighted by atomic mass is 10.1. The Morgan fingerprint density at radius 3 is 3.00 bits per heavy atom. The highest BCUT2D eigenvalue weighted by Gasteiger charge is 2.19. The van der Waals surface area contributed by atoms with Crippen molar-refractivity contribution in [1.82, 2.24) is 5.32 Å². The van der Waals surface area contributed by atoms with Crippen molar-refractivity contribution in [3.63, 3.8) is 0 Å². The summed E-state index contributed by atoms with van der Waals surface area (Å²) in [7, 11) is 2.07. The third kappa shape index (κ3) is 2.95. The molecule has 0 bridgehead atoms. The van der Waals surface area contributed by atoms with Gasteiger partial charge in [-0.15, -0.1) is 0 Å². The molecule has 0 saturated carbocycles. The van der Waals surface area contributed by atoms with Crippen molar-refractivity contribution >= 4 is 17.3 Å². The summed E-state index contributed by atoms with van der Waals surface area (Å²) in [5, 5.41) is 13.2. The lowest BCUT2D eigenvalue weighted by molar-refractivity contribution is 0.566. The second kappa shape index (κ2) is 6.08. The van der Waals surface area contributed by atoms with Gasteiger partial charge in [0.1, 0.15) is 6.07 Å². The number of halogens is 1. The maximum absolute atomic E-state index is 9.20. The van der Waals surface area contributed by atoms with Gasteiger partial charge in [-0.05, 0) is 50.6 Å². The summed E-state index contributed by atoms with van der Waals surface area (Å²) in [5.74, 6) is 0. The molecule has 0 aliphatic carbocycles. The molecule has 1 aromatic rings. The van der Waals surface area contributed by atoms with Crippen LogP contribution in [0.3, 0.4) is 0 Å². The van der Waals surface area contributed by atoms with Gasteiger partial charge in [0, 0.05) is 18.1 Å². The van der Waals surface area contributed by atoms with Crippen molar-refractivity contribution in [1.29, 1.82) is 5.26 Å². The van der Waals surface area contributed by atoms with E-state index in [0.29, 0.717) is 16.6 Å². The van der Waals surface area contributed by atoms with E-state index < -0.39 is 0 Å². The van der Waals surface area contributed by atoms with E-state index in [9.17, 15) is 5.26 Å². The van der Waals surface area contributed by atoms with Crippen LogP contribution in [0.15, 0.2) is 18.2 Å². The molecule has 1 fully saturated rings. The minimum atomic E-state index is 0.494. The maximum Gasteiger partial charge on any atom is 0.101 e. The van der Waals surface area contributed by atoms with Gasteiger partial charge in [-0.3, -0.25) is 0 Å². The quantitative estimate of drug-likeness (QED) is 0.892. The Kier molecular flexibility index (Phi) is 4.46. The summed E-state index contributed by atoms with van der Waals surface area (Å²) in [6.45, 7) is 2.14. The van der Waals surface area contributed by atoms with Crippen LogP contribution >= 0.6 is 11.6 Å². The zero-order valence-electron chi connectivity index (χ0n) is 10.6. The Morgan fingerprint density at radius 2 is 2.22 bits per heavy atom. The van der Waals surface area contributed by atoms with E-state index in [2.05, 4.69) is 23.3 Å². The number of anilines is 1. The summed E-state index contributed by atoms with van der Waals surface area (Å²) in [6, 6.07) is 8.26. The van der Waals surface area contributed by atoms with Crippen LogP contribution < -0.4 is 10.2 Å². The molecular formula is C14H18ClN3. The third-order valence-electron chi connectivity index (χ3n) is 3.55. The molecule has 1 aliphatic heterocycles. The first kappa shape index (κ1) is 13.2. The summed E-state index contributed by atoms with van der Waals surface area (Å²) in [6.07, 6.45) is 3.46. The van der Waals surface area contributed by atoms with Gasteiger partial charge in [0.2, 0.25) is 0 Å². The largest absolute Gasteiger partial charge is 0.370 e. The minimum Gasteiger partial charge on any atom is -0.370 e. The van der Waals surface area contributed by atoms with E-state index in [4.69, 9.17) is 11.6 Å². The normalized spacial score (nSPS) is 19.9. The maximum atomic E-state index is 9.20. The van der Waals surface area contributed by atoms with Crippen LogP contribution in [-0.4, -0.2) is 26.2 Å². The van der Waals surface area contributed by atoms with Crippen LogP contribution in [0.1, 0.15) is 24.8 Å². The van der Waals surface area contributed by atoms with Gasteiger partial charge in [-0.25, -0.2) is 0 Å². The Bertz CT molecular complexity index is 445. The molecule has 18 heavy (non-hydrogen) atoms. The fraction of sp³-hybridized carbons (Fsp3) is 0.500. The molecule has 1 heterocycles. The summed E-state index contributed by atoms with van der Waals surface area (Å²) in [5.41, 5.74) is 1.64. The number of nitrogens with one attached hydrogen (secondary N) is 1. The molecule has 0 amide bonds. The van der Waals surface area contributed by atoms with Crippen molar-refractivity contribution in [3.8, 4) is 6.07 Å². The van der Waals surface area contributed by atoms with Crippen molar-refractivity contribution in [2.75, 3.05) is 25.0 Å². The van der Waals surface area contributed by atoms with E-state index >= 15 is 0 Å². The fourth-order valence-corrected chi connectivity index (χ4v) is 2.66. The lowest BCUT2D eigenvalue weighted by Crippen LogP contribution is -2.32. The zero-order valence-corrected chi connectivity index (χ0v) is 11.4. The highest BCUT2D eigenvalue weighted by Crippen LogP contribution is 2.26. The molecule has 3 nitrogen and oxygen atoms in total. The average molecular weight is 264 g/mol. The molecule has 1 atom stereocenters. The molecule has 4 heteroatoms. The first-order valence-corrected chi connectivity index (χ1v) is 6.73. The van der Waals surface area contributed by atoms with Gasteiger partial charge in [0.15, 0.2) is 0 Å². The van der Waals surface area contributed by atoms with E-state index in [1.165, 1.54) is 6.42 Å². The van der Waals surface area contributed by atoms with Gasteiger partial charge in [0.05, 0.1) is 11.3 Å². The molecule has 1 N–H and O–H groups in total. The van der Waals surface area contributed by atoms with Gasteiger partial charge in [0.25, 0.3) is 0 Å². The van der Waals surface area contributed by atoms with Crippen LogP contribution in [0.25, 0.3) is 0 Å². The molecule has 1 unspecified atom stereocenters. The van der Waals surface area contributed by atoms with Crippen molar-refractivity contribution < 1.29 is 0 Å². The Morgan fingerprint density at radius 1 is 1.39 bits per heavy atom. The Labute approximate surface area is 113 Å². The molecule has 2 rings (SSSR count). The molecule has 1 aliphatic rings. The summed E-state index contributed by atoms with van der Waals surface area (Å²) >= 11 is 5.93. The van der Waals surface area contributed by atoms with Crippen LogP contribution in [0, 0.1) is 11.3 Å². The summed E-state index contributed by atoms with van der Waals surface area (Å²) in [4.78, 5) is 2.22. The van der Waals surface area contributed by atoms with Crippen molar-refractivity contribution in [3.05, 3.63) is 28.8 Å². The van der Waals surface area contributed by atoms with Crippen LogP contribution in [0.2, 0.25) is 5.02 Å². The first-order chi connectivity index (χ1) is 8.72. The van der Waals surface area contributed by atoms with Crippen LogP contribution in [-0.2, 0) is 0 Å². The molecule has 1 aromatic carbocycles. The number of benzene rings is 1. The Hall–Kier alpha value is -1.24. The van der Waals surface area contributed by atoms with Crippen LogP contribution in [0.4, 0.5) is 5.69 Å². The Balaban J connectivity index is 2.22. The smallest absolute Gasteiger partial charge is 0.101 e. The zero-order chi connectivity index (χ0) is 13.0. The van der Waals surface area contributed by atoms with Crippen LogP contribution in [0.5, 0.6) is 0 Å². The molecule has 0 radical (unpaired) electrons. The van der Waals surface area contributed by atoms with Crippen molar-refractivity contribution in [2.45, 2.75) is 25.3 Å². The highest BCUT2D eigenvalue weighted by atomic mass is 35.5. The number of hydrogen-bond acceptors (Lipinski definition) is 3. The van der Waals surface area contributed by atoms with Gasteiger partial charge in [-0.1, -0.05) is 11.6 Å². The number of nitriles is 1. The molecule has 96 valence electrons. The van der Waals surface area contributed by atoms with E-state index in [1.54, 1.807) is 6.07 Å². The second-order valence-electron chi connectivity index (χ2n) is 4.72. The van der Waals surface area contributed by atoms with Gasteiger partial charge in [-0.2, -0.15) is 5.26 Å². The standard InChI is InChI=1S/C14H18ClN3/c1-18(13-3-2-7-17-8-6-13)14-5-4-12(15)9-11(14)10-16/h4-5,9,13,17H,2-3,6-8H2,1H3. The van der Waals surface area contributed by atoms with Gasteiger partial charge >= 0.3 is 0 Å². The van der Waals surface area contributed by atoms with Gasteiger partial charge < -0.3 is 10.2 Å². The number of rotatable bonds is 2. The lowest BCUT2D eigenvalue weighted by Gasteiger charge is -2.29. The predicted octanol–water partition coefficient (Wildman–Crippen LogP) is 2.79. The SMILES string of the molecule is CN(c1ccc(Cl)cc1C#N)C1CCCNCC1. The topological polar surface area (TPSA) is 39.1 Å². The van der Waals surface area contributed by atoms with E-state index in [1.807, 2.05) is 12.1 Å². The second-order valence-corrected chi connectivity index (χ2v) is 5.16. The number of nitrogens with zero attached hydrogens (tertiary/aromatic N) is 2. The fourth-order valence-electron chi connectivity index (χ4n) is 2.49. The highest BCUT2D eigenvalue weighted by molar-refractivity contribution is 6.30. The van der Waals surface area contributed by atoms with Crippen molar-refractivity contribution in [2.24, 2.45) is 0 Å². The van der Waals surface area contributed by atoms with E-state index in [0.717, 1.165) is 31.6 Å². The monoisotopic (exact) mass is 263 g/mol. The molecule has 0 aromatic heterocycles. The molecule has 0 spiro atoms. The summed E-state index contributed by atoms with van der Waals surface area (Å²) < 4.78 is 0. The first-order valence-electron chi connectivity index (χ1n) is 6.35. The van der Waals surface area contributed by atoms with E-state index in [-0.39, 0.29) is 0 Å². The molecule has 1 saturated heterocycles.